The van der Waals surface area contributed by atoms with Gasteiger partial charge in [0.2, 0.25) is 5.95 Å². The number of fused-ring (bicyclic) bond motifs is 1. The molecule has 0 spiro atoms. The van der Waals surface area contributed by atoms with Crippen molar-refractivity contribution in [1.82, 2.24) is 14.9 Å². The van der Waals surface area contributed by atoms with Crippen LogP contribution in [0.5, 0.6) is 0 Å². The van der Waals surface area contributed by atoms with Crippen molar-refractivity contribution in [3.63, 3.8) is 0 Å². The molecule has 1 N–H and O–H groups in total. The lowest BCUT2D eigenvalue weighted by Gasteiger charge is -2.36. The summed E-state index contributed by atoms with van der Waals surface area (Å²) < 4.78 is 39.3. The summed E-state index contributed by atoms with van der Waals surface area (Å²) in [6.07, 6.45) is 2.68. The molecule has 3 aromatic rings. The van der Waals surface area contributed by atoms with E-state index >= 15 is 0 Å². The minimum Gasteiger partial charge on any atom is -0.341 e. The number of halogens is 5. The molecule has 3 aliphatic heterocycles. The Hall–Kier alpha value is -2.40. The number of piperidine rings is 1. The van der Waals surface area contributed by atoms with Gasteiger partial charge in [-0.05, 0) is 80.7 Å². The van der Waals surface area contributed by atoms with Crippen LogP contribution >= 0.6 is 35.0 Å². The molecule has 1 aromatic heterocycles. The lowest BCUT2D eigenvalue weighted by Crippen LogP contribution is -2.44. The molecule has 2 fully saturated rings. The van der Waals surface area contributed by atoms with Crippen LogP contribution in [0.3, 0.4) is 0 Å². The van der Waals surface area contributed by atoms with Crippen molar-refractivity contribution >= 4 is 52.3 Å². The summed E-state index contributed by atoms with van der Waals surface area (Å²) in [6, 6.07) is 11.0. The van der Waals surface area contributed by atoms with E-state index in [2.05, 4.69) is 15.2 Å². The maximum absolute atomic E-state index is 13.1. The number of hydrogen-bond donors (Lipinski definition) is 1. The Bertz CT molecular complexity index is 1320. The maximum atomic E-state index is 13.1. The highest BCUT2D eigenvalue weighted by molar-refractivity contribution is 8.00. The zero-order valence-electron chi connectivity index (χ0n) is 21.7. The molecule has 1 atom stereocenters. The summed E-state index contributed by atoms with van der Waals surface area (Å²) in [5.74, 6) is 0.706. The fourth-order valence-corrected chi connectivity index (χ4v) is 7.41. The smallest absolute Gasteiger partial charge is 0.341 e. The van der Waals surface area contributed by atoms with Crippen LogP contribution in [0, 0.1) is 0 Å². The number of rotatable bonds is 6. The van der Waals surface area contributed by atoms with Gasteiger partial charge in [-0.15, -0.1) is 0 Å². The number of thioether (sulfide) groups is 1. The Kier molecular flexibility index (Phi) is 7.96. The molecule has 2 aromatic carbocycles. The molecule has 6 nitrogen and oxygen atoms in total. The fraction of sp³-hybridized carbons (Fsp3) is 0.429. The molecule has 212 valence electrons. The van der Waals surface area contributed by atoms with Gasteiger partial charge in [-0.2, -0.15) is 13.2 Å². The molecular weight excluding hydrogens is 580 g/mol. The number of likely N-dealkylation sites (tertiary alicyclic amines) is 1. The molecule has 0 bridgehead atoms. The quantitative estimate of drug-likeness (QED) is 0.293. The van der Waals surface area contributed by atoms with Gasteiger partial charge in [0.15, 0.2) is 0 Å². The average molecular weight is 610 g/mol. The van der Waals surface area contributed by atoms with Crippen molar-refractivity contribution in [3.05, 3.63) is 69.8 Å². The number of hydrogen-bond acceptors (Lipinski definition) is 7. The summed E-state index contributed by atoms with van der Waals surface area (Å²) in [4.78, 5) is 14.5. The monoisotopic (exact) mass is 608 g/mol. The molecular formula is C28H29Cl2F3N6S. The Morgan fingerprint density at radius 3 is 2.27 bits per heavy atom. The van der Waals surface area contributed by atoms with E-state index in [1.54, 1.807) is 36.2 Å². The van der Waals surface area contributed by atoms with E-state index in [1.165, 1.54) is 38.1 Å². The van der Waals surface area contributed by atoms with Gasteiger partial charge in [-0.3, -0.25) is 10.4 Å². The standard InChI is InChI=1S/C28H29Cl2F3N6S/c29-22-4-3-5-23(30)21(22)16-25-39(36-19-8-6-18(7-9-19)28(31,32)33)24-17-34-27(35-26(24)40-25)38-14-10-20(11-15-38)37-12-1-2-13-37/h3-9,17,20,25,36H,1-2,10-16H2. The molecule has 0 radical (unpaired) electrons. The van der Waals surface area contributed by atoms with Crippen molar-refractivity contribution in [2.75, 3.05) is 41.5 Å². The third-order valence-electron chi connectivity index (χ3n) is 7.82. The first-order chi connectivity index (χ1) is 19.3. The first kappa shape index (κ1) is 27.8. The zero-order valence-corrected chi connectivity index (χ0v) is 24.0. The van der Waals surface area contributed by atoms with E-state index in [0.29, 0.717) is 34.1 Å². The van der Waals surface area contributed by atoms with Crippen molar-refractivity contribution in [2.45, 2.75) is 54.7 Å². The number of aromatic nitrogens is 2. The van der Waals surface area contributed by atoms with Gasteiger partial charge >= 0.3 is 6.18 Å². The second kappa shape index (κ2) is 11.5. The van der Waals surface area contributed by atoms with Gasteiger partial charge in [-0.25, -0.2) is 9.97 Å². The van der Waals surface area contributed by atoms with Crippen LogP contribution in [-0.4, -0.2) is 52.5 Å². The van der Waals surface area contributed by atoms with E-state index < -0.39 is 11.7 Å². The molecule has 2 saturated heterocycles. The predicted molar refractivity (Wildman–Crippen MR) is 155 cm³/mol. The van der Waals surface area contributed by atoms with Crippen LogP contribution < -0.4 is 15.3 Å². The number of benzene rings is 2. The fourth-order valence-electron chi connectivity index (χ4n) is 5.67. The van der Waals surface area contributed by atoms with Crippen LogP contribution in [0.2, 0.25) is 10.0 Å². The minimum absolute atomic E-state index is 0.208. The Labute approximate surface area is 245 Å². The maximum Gasteiger partial charge on any atom is 0.416 e. The third kappa shape index (κ3) is 5.82. The Balaban J connectivity index is 1.24. The van der Waals surface area contributed by atoms with Gasteiger partial charge in [0, 0.05) is 35.6 Å². The van der Waals surface area contributed by atoms with Crippen LogP contribution in [-0.2, 0) is 12.6 Å². The first-order valence-corrected chi connectivity index (χ1v) is 15.1. The van der Waals surface area contributed by atoms with Crippen molar-refractivity contribution in [2.24, 2.45) is 0 Å². The zero-order chi connectivity index (χ0) is 27.9. The van der Waals surface area contributed by atoms with E-state index in [0.717, 1.165) is 54.3 Å². The van der Waals surface area contributed by atoms with E-state index in [1.807, 2.05) is 5.01 Å². The van der Waals surface area contributed by atoms with Gasteiger partial charge in [-0.1, -0.05) is 41.0 Å². The van der Waals surface area contributed by atoms with Crippen molar-refractivity contribution in [3.8, 4) is 0 Å². The highest BCUT2D eigenvalue weighted by atomic mass is 35.5. The van der Waals surface area contributed by atoms with Crippen LogP contribution in [0.1, 0.15) is 36.8 Å². The molecule has 0 saturated carbocycles. The van der Waals surface area contributed by atoms with Gasteiger partial charge in [0.25, 0.3) is 0 Å². The molecule has 1 unspecified atom stereocenters. The molecule has 0 aliphatic carbocycles. The molecule has 3 aliphatic rings. The highest BCUT2D eigenvalue weighted by Crippen LogP contribution is 2.45. The first-order valence-electron chi connectivity index (χ1n) is 13.4. The highest BCUT2D eigenvalue weighted by Gasteiger charge is 2.35. The number of nitrogens with one attached hydrogen (secondary N) is 1. The number of hydrazine groups is 1. The van der Waals surface area contributed by atoms with E-state index in [4.69, 9.17) is 33.2 Å². The number of anilines is 3. The summed E-state index contributed by atoms with van der Waals surface area (Å²) in [5.41, 5.74) is 4.66. The van der Waals surface area contributed by atoms with Gasteiger partial charge in [0.05, 0.1) is 17.4 Å². The molecule has 12 heteroatoms. The summed E-state index contributed by atoms with van der Waals surface area (Å²) in [6.45, 7) is 4.23. The Morgan fingerprint density at radius 2 is 1.62 bits per heavy atom. The van der Waals surface area contributed by atoms with E-state index in [-0.39, 0.29) is 5.37 Å². The van der Waals surface area contributed by atoms with Crippen molar-refractivity contribution < 1.29 is 13.2 Å². The molecule has 0 amide bonds. The summed E-state index contributed by atoms with van der Waals surface area (Å²) >= 11 is 14.6. The third-order valence-corrected chi connectivity index (χ3v) is 9.71. The second-order valence-corrected chi connectivity index (χ2v) is 12.3. The lowest BCUT2D eigenvalue weighted by molar-refractivity contribution is -0.137. The van der Waals surface area contributed by atoms with Crippen LogP contribution in [0.4, 0.5) is 30.5 Å². The normalized spacial score (nSPS) is 20.3. The molecule has 6 rings (SSSR count). The SMILES string of the molecule is FC(F)(F)c1ccc(NN2c3cnc(N4CCC(N5CCCC5)CC4)nc3SC2Cc2c(Cl)cccc2Cl)cc1. The van der Waals surface area contributed by atoms with E-state index in [9.17, 15) is 13.2 Å². The Morgan fingerprint density at radius 1 is 0.950 bits per heavy atom. The van der Waals surface area contributed by atoms with Gasteiger partial charge in [0.1, 0.15) is 16.1 Å². The molecule has 4 heterocycles. The van der Waals surface area contributed by atoms with Gasteiger partial charge < -0.3 is 9.80 Å². The van der Waals surface area contributed by atoms with Crippen LogP contribution in [0.15, 0.2) is 53.7 Å². The number of alkyl halides is 3. The second-order valence-electron chi connectivity index (χ2n) is 10.4. The van der Waals surface area contributed by atoms with Crippen LogP contribution in [0.25, 0.3) is 0 Å². The van der Waals surface area contributed by atoms with Crippen molar-refractivity contribution in [1.29, 1.82) is 0 Å². The minimum atomic E-state index is -4.40. The lowest BCUT2D eigenvalue weighted by atomic mass is 10.0. The largest absolute Gasteiger partial charge is 0.416 e. The summed E-state index contributed by atoms with van der Waals surface area (Å²) in [5, 5.41) is 3.61. The average Bonchev–Trinajstić information content (AvgIpc) is 3.59. The topological polar surface area (TPSA) is 47.5 Å². The number of nitrogens with zero attached hydrogens (tertiary/aromatic N) is 5. The summed E-state index contributed by atoms with van der Waals surface area (Å²) in [7, 11) is 0. The molecule has 40 heavy (non-hydrogen) atoms. The predicted octanol–water partition coefficient (Wildman–Crippen LogP) is 7.37.